The number of aromatic nitrogens is 2. The summed E-state index contributed by atoms with van der Waals surface area (Å²) < 4.78 is 5.55. The molecule has 1 unspecified atom stereocenters. The summed E-state index contributed by atoms with van der Waals surface area (Å²) in [4.78, 5) is 23.6. The highest BCUT2D eigenvalue weighted by Crippen LogP contribution is 2.28. The lowest BCUT2D eigenvalue weighted by Gasteiger charge is -2.11. The third-order valence-electron chi connectivity index (χ3n) is 2.26. The van der Waals surface area contributed by atoms with Crippen LogP contribution in [0.15, 0.2) is 29.3 Å². The number of hydrogen-bond acceptors (Lipinski definition) is 8. The number of nitrogens with zero attached hydrogens (tertiary/aromatic N) is 4. The fourth-order valence-electron chi connectivity index (χ4n) is 1.40. The summed E-state index contributed by atoms with van der Waals surface area (Å²) >= 11 is 1.09. The Morgan fingerprint density at radius 1 is 1.50 bits per heavy atom. The molecule has 0 aliphatic heterocycles. The van der Waals surface area contributed by atoms with E-state index in [1.807, 2.05) is 0 Å². The summed E-state index contributed by atoms with van der Waals surface area (Å²) in [6, 6.07) is 5.83. The molecule has 102 valence electrons. The van der Waals surface area contributed by atoms with E-state index < -0.39 is 11.0 Å². The number of ether oxygens (including phenoxy) is 1. The smallest absolute Gasteiger partial charge is 0.273 e. The monoisotopic (exact) mass is 292 g/mol. The SMILES string of the molecule is CC(Oc1cccc([N+](=O)[O-])c1)c1nnc(N=C=O)s1. The zero-order chi connectivity index (χ0) is 14.5. The maximum atomic E-state index is 10.7. The summed E-state index contributed by atoms with van der Waals surface area (Å²) in [6.07, 6.45) is 0.906. The van der Waals surface area contributed by atoms with Crippen LogP contribution in [0.4, 0.5) is 10.8 Å². The maximum Gasteiger partial charge on any atom is 0.273 e. The van der Waals surface area contributed by atoms with Crippen LogP contribution < -0.4 is 4.74 Å². The molecule has 20 heavy (non-hydrogen) atoms. The maximum absolute atomic E-state index is 10.7. The van der Waals surface area contributed by atoms with E-state index in [1.165, 1.54) is 24.3 Å². The number of nitro benzene ring substituents is 1. The largest absolute Gasteiger partial charge is 0.483 e. The van der Waals surface area contributed by atoms with Crippen molar-refractivity contribution in [3.63, 3.8) is 0 Å². The molecule has 0 saturated heterocycles. The summed E-state index contributed by atoms with van der Waals surface area (Å²) in [5.41, 5.74) is -0.0572. The van der Waals surface area contributed by atoms with Gasteiger partial charge in [-0.25, -0.2) is 4.79 Å². The molecule has 0 radical (unpaired) electrons. The minimum atomic E-state index is -0.501. The van der Waals surface area contributed by atoms with Gasteiger partial charge in [0.05, 0.1) is 11.0 Å². The van der Waals surface area contributed by atoms with E-state index in [0.29, 0.717) is 10.8 Å². The molecule has 0 bridgehead atoms. The quantitative estimate of drug-likeness (QED) is 0.362. The van der Waals surface area contributed by atoms with E-state index in [-0.39, 0.29) is 10.8 Å². The first-order chi connectivity index (χ1) is 9.60. The zero-order valence-electron chi connectivity index (χ0n) is 10.2. The lowest BCUT2D eigenvalue weighted by Crippen LogP contribution is -2.03. The van der Waals surface area contributed by atoms with Crippen molar-refractivity contribution in [1.82, 2.24) is 10.2 Å². The highest BCUT2D eigenvalue weighted by molar-refractivity contribution is 7.15. The van der Waals surface area contributed by atoms with E-state index >= 15 is 0 Å². The zero-order valence-corrected chi connectivity index (χ0v) is 11.0. The second kappa shape index (κ2) is 6.00. The molecule has 8 nitrogen and oxygen atoms in total. The first-order valence-corrected chi connectivity index (χ1v) is 6.24. The van der Waals surface area contributed by atoms with Crippen molar-refractivity contribution in [2.24, 2.45) is 4.99 Å². The minimum absolute atomic E-state index is 0.0572. The highest BCUT2D eigenvalue weighted by Gasteiger charge is 2.15. The van der Waals surface area contributed by atoms with Gasteiger partial charge in [0, 0.05) is 6.07 Å². The van der Waals surface area contributed by atoms with Crippen LogP contribution in [0.3, 0.4) is 0 Å². The summed E-state index contributed by atoms with van der Waals surface area (Å²) in [6.45, 7) is 1.72. The van der Waals surface area contributed by atoms with E-state index in [4.69, 9.17) is 4.74 Å². The molecule has 0 aliphatic rings. The Hall–Kier alpha value is -2.64. The van der Waals surface area contributed by atoms with Gasteiger partial charge in [0.15, 0.2) is 5.01 Å². The second-order valence-corrected chi connectivity index (χ2v) is 4.63. The van der Waals surface area contributed by atoms with Crippen molar-refractivity contribution in [1.29, 1.82) is 0 Å². The normalized spacial score (nSPS) is 11.4. The molecule has 0 aliphatic carbocycles. The number of non-ortho nitro benzene ring substituents is 1. The Balaban J connectivity index is 2.14. The number of rotatable bonds is 5. The Morgan fingerprint density at radius 3 is 3.00 bits per heavy atom. The fraction of sp³-hybridized carbons (Fsp3) is 0.182. The molecular formula is C11H8N4O4S. The number of benzene rings is 1. The first kappa shape index (κ1) is 13.8. The topological polar surface area (TPSA) is 108 Å². The van der Waals surface area contributed by atoms with Crippen LogP contribution in [0.5, 0.6) is 5.75 Å². The molecule has 2 rings (SSSR count). The van der Waals surface area contributed by atoms with Crippen molar-refractivity contribution in [2.75, 3.05) is 0 Å². The number of nitro groups is 1. The van der Waals surface area contributed by atoms with Crippen LogP contribution in [0.1, 0.15) is 18.0 Å². The molecule has 1 heterocycles. The fourth-order valence-corrected chi connectivity index (χ4v) is 2.05. The second-order valence-electron chi connectivity index (χ2n) is 3.64. The van der Waals surface area contributed by atoms with Gasteiger partial charge in [-0.1, -0.05) is 17.4 Å². The molecule has 1 atom stereocenters. The van der Waals surface area contributed by atoms with Gasteiger partial charge in [-0.15, -0.1) is 15.2 Å². The van der Waals surface area contributed by atoms with Crippen LogP contribution in [0.2, 0.25) is 0 Å². The molecule has 0 fully saturated rings. The van der Waals surface area contributed by atoms with Crippen LogP contribution in [0.25, 0.3) is 0 Å². The third kappa shape index (κ3) is 3.22. The number of hydrogen-bond donors (Lipinski definition) is 0. The van der Waals surface area contributed by atoms with E-state index in [9.17, 15) is 14.9 Å². The van der Waals surface area contributed by atoms with Gasteiger partial charge in [0.2, 0.25) is 11.2 Å². The molecule has 0 spiro atoms. The third-order valence-corrected chi connectivity index (χ3v) is 3.24. The predicted octanol–water partition coefficient (Wildman–Crippen LogP) is 2.55. The van der Waals surface area contributed by atoms with Crippen molar-refractivity contribution in [3.05, 3.63) is 39.4 Å². The molecule has 0 amide bonds. The van der Waals surface area contributed by atoms with Gasteiger partial charge >= 0.3 is 0 Å². The Bertz CT molecular complexity index is 681. The van der Waals surface area contributed by atoms with Crippen LogP contribution in [0, 0.1) is 10.1 Å². The Kier molecular flexibility index (Phi) is 4.14. The van der Waals surface area contributed by atoms with Gasteiger partial charge < -0.3 is 4.74 Å². The van der Waals surface area contributed by atoms with E-state index in [1.54, 1.807) is 13.0 Å². The first-order valence-electron chi connectivity index (χ1n) is 5.42. The van der Waals surface area contributed by atoms with Crippen LogP contribution in [-0.2, 0) is 4.79 Å². The predicted molar refractivity (Wildman–Crippen MR) is 69.8 cm³/mol. The Morgan fingerprint density at radius 2 is 2.30 bits per heavy atom. The molecule has 0 saturated carbocycles. The molecule has 0 N–H and O–H groups in total. The van der Waals surface area contributed by atoms with E-state index in [2.05, 4.69) is 15.2 Å². The van der Waals surface area contributed by atoms with Crippen molar-refractivity contribution < 1.29 is 14.5 Å². The van der Waals surface area contributed by atoms with Crippen molar-refractivity contribution in [3.8, 4) is 5.75 Å². The van der Waals surface area contributed by atoms with Gasteiger partial charge in [-0.05, 0) is 13.0 Å². The summed E-state index contributed by atoms with van der Waals surface area (Å²) in [5, 5.41) is 18.8. The van der Waals surface area contributed by atoms with Gasteiger partial charge in [0.1, 0.15) is 11.9 Å². The van der Waals surface area contributed by atoms with Crippen molar-refractivity contribution in [2.45, 2.75) is 13.0 Å². The highest BCUT2D eigenvalue weighted by atomic mass is 32.1. The van der Waals surface area contributed by atoms with E-state index in [0.717, 1.165) is 11.3 Å². The Labute approximate surface area is 116 Å². The average Bonchev–Trinajstić information content (AvgIpc) is 2.88. The molecular weight excluding hydrogens is 284 g/mol. The average molecular weight is 292 g/mol. The minimum Gasteiger partial charge on any atom is -0.483 e. The van der Waals surface area contributed by atoms with Gasteiger partial charge in [-0.3, -0.25) is 10.1 Å². The number of carbonyl (C=O) groups excluding carboxylic acids is 1. The summed E-state index contributed by atoms with van der Waals surface area (Å²) in [7, 11) is 0. The van der Waals surface area contributed by atoms with Crippen molar-refractivity contribution >= 4 is 28.2 Å². The molecule has 1 aromatic heterocycles. The van der Waals surface area contributed by atoms with Crippen LogP contribution >= 0.6 is 11.3 Å². The molecule has 1 aromatic carbocycles. The lowest BCUT2D eigenvalue weighted by atomic mass is 10.3. The summed E-state index contributed by atoms with van der Waals surface area (Å²) in [5.74, 6) is 0.349. The number of isocyanates is 1. The molecule has 2 aromatic rings. The van der Waals surface area contributed by atoms with Crippen LogP contribution in [-0.4, -0.2) is 21.2 Å². The van der Waals surface area contributed by atoms with Gasteiger partial charge in [0.25, 0.3) is 5.69 Å². The lowest BCUT2D eigenvalue weighted by molar-refractivity contribution is -0.384. The molecule has 9 heteroatoms. The van der Waals surface area contributed by atoms with Gasteiger partial charge in [-0.2, -0.15) is 0 Å². The standard InChI is InChI=1S/C11H8N4O4S/c1-7(10-13-14-11(20-10)12-6-16)19-9-4-2-3-8(5-9)15(17)18/h2-5,7H,1H3. The number of aliphatic imine (C=N–C) groups is 1.